The number of H-pyrrole nitrogens is 1. The Kier molecular flexibility index (Phi) is 4.14. The van der Waals surface area contributed by atoms with Gasteiger partial charge in [0.25, 0.3) is 0 Å². The maximum atomic E-state index is 5.78. The van der Waals surface area contributed by atoms with Crippen molar-refractivity contribution in [2.45, 2.75) is 5.16 Å². The minimum Gasteiger partial charge on any atom is -0.399 e. The number of aromatic nitrogens is 2. The third-order valence-corrected chi connectivity index (χ3v) is 4.58. The van der Waals surface area contributed by atoms with Crippen molar-refractivity contribution in [2.75, 3.05) is 51.3 Å². The van der Waals surface area contributed by atoms with E-state index in [0.29, 0.717) is 0 Å². The van der Waals surface area contributed by atoms with Crippen LogP contribution in [0.15, 0.2) is 23.4 Å². The first-order chi connectivity index (χ1) is 9.70. The highest BCUT2D eigenvalue weighted by Crippen LogP contribution is 2.21. The van der Waals surface area contributed by atoms with Gasteiger partial charge in [0.1, 0.15) is 0 Å². The summed E-state index contributed by atoms with van der Waals surface area (Å²) in [5.41, 5.74) is 8.56. The molecule has 1 saturated heterocycles. The first-order valence-corrected chi connectivity index (χ1v) is 7.98. The van der Waals surface area contributed by atoms with E-state index in [1.807, 2.05) is 18.2 Å². The number of nitrogen functional groups attached to an aromatic ring is 1. The fraction of sp³-hybridized carbons (Fsp3) is 0.500. The lowest BCUT2D eigenvalue weighted by molar-refractivity contribution is 0.161. The first-order valence-electron chi connectivity index (χ1n) is 7.00. The molecule has 108 valence electrons. The maximum Gasteiger partial charge on any atom is 0.166 e. The smallest absolute Gasteiger partial charge is 0.166 e. The highest BCUT2D eigenvalue weighted by molar-refractivity contribution is 7.99. The minimum atomic E-state index is 0.773. The molecule has 1 aromatic carbocycles. The van der Waals surface area contributed by atoms with Gasteiger partial charge in [0.2, 0.25) is 0 Å². The van der Waals surface area contributed by atoms with Crippen LogP contribution in [0.2, 0.25) is 0 Å². The Morgan fingerprint density at radius 1 is 1.30 bits per heavy atom. The Labute approximate surface area is 123 Å². The number of benzene rings is 1. The second kappa shape index (κ2) is 6.03. The summed E-state index contributed by atoms with van der Waals surface area (Å²) in [4.78, 5) is 12.8. The van der Waals surface area contributed by atoms with Crippen molar-refractivity contribution in [1.82, 2.24) is 19.8 Å². The third kappa shape index (κ3) is 3.26. The summed E-state index contributed by atoms with van der Waals surface area (Å²) in [6, 6.07) is 5.79. The number of hydrogen-bond donors (Lipinski definition) is 2. The highest BCUT2D eigenvalue weighted by atomic mass is 32.2. The summed E-state index contributed by atoms with van der Waals surface area (Å²) in [5.74, 6) is 1.07. The van der Waals surface area contributed by atoms with Gasteiger partial charge in [-0.3, -0.25) is 4.90 Å². The van der Waals surface area contributed by atoms with Gasteiger partial charge in [-0.2, -0.15) is 0 Å². The molecule has 1 aliphatic rings. The van der Waals surface area contributed by atoms with E-state index in [1.54, 1.807) is 11.8 Å². The van der Waals surface area contributed by atoms with Gasteiger partial charge < -0.3 is 15.6 Å². The Balaban J connectivity index is 1.52. The van der Waals surface area contributed by atoms with Crippen molar-refractivity contribution in [2.24, 2.45) is 0 Å². The number of imidazole rings is 1. The zero-order chi connectivity index (χ0) is 13.9. The number of likely N-dealkylation sites (N-methyl/N-ethyl adjacent to an activating group) is 1. The molecule has 3 N–H and O–H groups in total. The molecule has 0 aliphatic carbocycles. The molecule has 0 atom stereocenters. The number of fused-ring (bicyclic) bond motifs is 1. The third-order valence-electron chi connectivity index (χ3n) is 3.73. The van der Waals surface area contributed by atoms with Crippen LogP contribution in [0.3, 0.4) is 0 Å². The van der Waals surface area contributed by atoms with Crippen LogP contribution < -0.4 is 5.73 Å². The largest absolute Gasteiger partial charge is 0.399 e. The van der Waals surface area contributed by atoms with Gasteiger partial charge >= 0.3 is 0 Å². The molecule has 2 aromatic rings. The topological polar surface area (TPSA) is 61.2 Å². The van der Waals surface area contributed by atoms with Crippen molar-refractivity contribution >= 4 is 28.5 Å². The second-order valence-electron chi connectivity index (χ2n) is 5.31. The molecule has 1 aromatic heterocycles. The maximum absolute atomic E-state index is 5.78. The number of nitrogens with two attached hydrogens (primary N) is 1. The van der Waals surface area contributed by atoms with Crippen molar-refractivity contribution in [1.29, 1.82) is 0 Å². The monoisotopic (exact) mass is 291 g/mol. The average molecular weight is 291 g/mol. The lowest BCUT2D eigenvalue weighted by Gasteiger charge is -2.32. The van der Waals surface area contributed by atoms with Gasteiger partial charge in [-0.25, -0.2) is 4.98 Å². The molecule has 0 amide bonds. The Bertz CT molecular complexity index is 574. The summed E-state index contributed by atoms with van der Waals surface area (Å²) in [6.07, 6.45) is 0. The van der Waals surface area contributed by atoms with Crippen molar-refractivity contribution < 1.29 is 0 Å². The van der Waals surface area contributed by atoms with Gasteiger partial charge in [-0.15, -0.1) is 0 Å². The molecular weight excluding hydrogens is 270 g/mol. The van der Waals surface area contributed by atoms with Crippen LogP contribution in [-0.2, 0) is 0 Å². The first kappa shape index (κ1) is 13.7. The molecule has 3 rings (SSSR count). The van der Waals surface area contributed by atoms with Crippen LogP contribution in [0.25, 0.3) is 11.0 Å². The number of anilines is 1. The zero-order valence-corrected chi connectivity index (χ0v) is 12.6. The van der Waals surface area contributed by atoms with E-state index in [0.717, 1.165) is 34.2 Å². The molecule has 1 fully saturated rings. The van der Waals surface area contributed by atoms with Gasteiger partial charge in [-0.1, -0.05) is 11.8 Å². The lowest BCUT2D eigenvalue weighted by atomic mass is 10.3. The summed E-state index contributed by atoms with van der Waals surface area (Å²) < 4.78 is 0. The molecule has 0 radical (unpaired) electrons. The Morgan fingerprint density at radius 3 is 2.90 bits per heavy atom. The predicted molar refractivity (Wildman–Crippen MR) is 85.2 cm³/mol. The normalized spacial score (nSPS) is 17.9. The SMILES string of the molecule is CN1CCN(CCSc2nc3ccc(N)cc3[nH]2)CC1. The molecule has 2 heterocycles. The predicted octanol–water partition coefficient (Wildman–Crippen LogP) is 1.48. The number of thioether (sulfide) groups is 1. The summed E-state index contributed by atoms with van der Waals surface area (Å²) in [7, 11) is 2.19. The number of rotatable bonds is 4. The molecule has 20 heavy (non-hydrogen) atoms. The molecule has 0 spiro atoms. The fourth-order valence-corrected chi connectivity index (χ4v) is 3.30. The molecule has 6 heteroatoms. The van der Waals surface area contributed by atoms with E-state index in [2.05, 4.69) is 26.8 Å². The average Bonchev–Trinajstić information content (AvgIpc) is 2.83. The quantitative estimate of drug-likeness (QED) is 0.660. The van der Waals surface area contributed by atoms with Crippen molar-refractivity contribution in [3.63, 3.8) is 0 Å². The minimum absolute atomic E-state index is 0.773. The van der Waals surface area contributed by atoms with Crippen molar-refractivity contribution in [3.8, 4) is 0 Å². The molecular formula is C14H21N5S. The van der Waals surface area contributed by atoms with Gasteiger partial charge in [0, 0.05) is 44.2 Å². The van der Waals surface area contributed by atoms with Crippen LogP contribution >= 0.6 is 11.8 Å². The number of nitrogens with zero attached hydrogens (tertiary/aromatic N) is 3. The van der Waals surface area contributed by atoms with Crippen LogP contribution in [0.4, 0.5) is 5.69 Å². The molecule has 0 bridgehead atoms. The summed E-state index contributed by atoms with van der Waals surface area (Å²) >= 11 is 1.78. The highest BCUT2D eigenvalue weighted by Gasteiger charge is 2.13. The van der Waals surface area contributed by atoms with E-state index in [-0.39, 0.29) is 0 Å². The van der Waals surface area contributed by atoms with E-state index >= 15 is 0 Å². The Hall–Kier alpha value is -1.24. The van der Waals surface area contributed by atoms with Crippen LogP contribution in [-0.4, -0.2) is 65.3 Å². The summed E-state index contributed by atoms with van der Waals surface area (Å²) in [6.45, 7) is 5.82. The number of piperazine rings is 1. The lowest BCUT2D eigenvalue weighted by Crippen LogP contribution is -2.45. The number of aromatic amines is 1. The molecule has 1 aliphatic heterocycles. The molecule has 0 unspecified atom stereocenters. The fourth-order valence-electron chi connectivity index (χ4n) is 2.42. The van der Waals surface area contributed by atoms with E-state index in [9.17, 15) is 0 Å². The van der Waals surface area contributed by atoms with Crippen LogP contribution in [0.5, 0.6) is 0 Å². The molecule has 5 nitrogen and oxygen atoms in total. The van der Waals surface area contributed by atoms with Gasteiger partial charge in [0.15, 0.2) is 5.16 Å². The van der Waals surface area contributed by atoms with Gasteiger partial charge in [-0.05, 0) is 25.2 Å². The number of nitrogens with one attached hydrogen (secondary N) is 1. The van der Waals surface area contributed by atoms with E-state index < -0.39 is 0 Å². The molecule has 0 saturated carbocycles. The summed E-state index contributed by atoms with van der Waals surface area (Å²) in [5, 5.41) is 0.986. The second-order valence-corrected chi connectivity index (χ2v) is 6.40. The zero-order valence-electron chi connectivity index (χ0n) is 11.8. The van der Waals surface area contributed by atoms with E-state index in [4.69, 9.17) is 5.73 Å². The van der Waals surface area contributed by atoms with E-state index in [1.165, 1.54) is 26.2 Å². The standard InChI is InChI=1S/C14H21N5S/c1-18-4-6-19(7-5-18)8-9-20-14-16-12-3-2-11(15)10-13(12)17-14/h2-3,10H,4-9,15H2,1H3,(H,16,17). The van der Waals surface area contributed by atoms with Crippen molar-refractivity contribution in [3.05, 3.63) is 18.2 Å². The van der Waals surface area contributed by atoms with Crippen LogP contribution in [0, 0.1) is 0 Å². The van der Waals surface area contributed by atoms with Gasteiger partial charge in [0.05, 0.1) is 11.0 Å². The van der Waals surface area contributed by atoms with Crippen LogP contribution in [0.1, 0.15) is 0 Å². The Morgan fingerprint density at radius 2 is 2.10 bits per heavy atom. The number of hydrogen-bond acceptors (Lipinski definition) is 5.